The normalized spacial score (nSPS) is 11.0. The first kappa shape index (κ1) is 18.6. The predicted molar refractivity (Wildman–Crippen MR) is 107 cm³/mol. The number of anilines is 1. The molecule has 7 heteroatoms. The minimum absolute atomic E-state index is 0.0365. The van der Waals surface area contributed by atoms with Gasteiger partial charge in [0.05, 0.1) is 16.6 Å². The van der Waals surface area contributed by atoms with Crippen molar-refractivity contribution in [2.24, 2.45) is 0 Å². The van der Waals surface area contributed by atoms with E-state index in [1.807, 2.05) is 0 Å². The lowest BCUT2D eigenvalue weighted by Gasteiger charge is -2.06. The molecule has 1 heterocycles. The number of nitrogens with one attached hydrogen (secondary N) is 2. The van der Waals surface area contributed by atoms with E-state index in [0.717, 1.165) is 18.2 Å². The second-order valence-corrected chi connectivity index (χ2v) is 6.62. The van der Waals surface area contributed by atoms with E-state index in [4.69, 9.17) is 0 Å². The summed E-state index contributed by atoms with van der Waals surface area (Å²) in [5.74, 6) is -0.970. The van der Waals surface area contributed by atoms with Crippen LogP contribution in [0.3, 0.4) is 0 Å². The maximum atomic E-state index is 14.0. The molecule has 3 aromatic carbocycles. The zero-order valence-corrected chi connectivity index (χ0v) is 15.2. The maximum absolute atomic E-state index is 14.0. The molecule has 1 aromatic heterocycles. The Labute approximate surface area is 165 Å². The quantitative estimate of drug-likeness (QED) is 0.456. The number of halogens is 2. The van der Waals surface area contributed by atoms with E-state index in [-0.39, 0.29) is 29.5 Å². The molecule has 146 valence electrons. The Morgan fingerprint density at radius 2 is 1.90 bits per heavy atom. The smallest absolute Gasteiger partial charge is 0.224 e. The molecule has 3 N–H and O–H groups in total. The second-order valence-electron chi connectivity index (χ2n) is 6.62. The third-order valence-corrected chi connectivity index (χ3v) is 4.56. The topological polar surface area (TPSA) is 78.0 Å². The number of aromatic amines is 1. The average molecular weight is 393 g/mol. The van der Waals surface area contributed by atoms with Crippen molar-refractivity contribution in [3.63, 3.8) is 0 Å². The molecular formula is C22H17F2N3O2. The summed E-state index contributed by atoms with van der Waals surface area (Å²) in [6, 6.07) is 15.1. The van der Waals surface area contributed by atoms with E-state index in [9.17, 15) is 18.7 Å². The highest BCUT2D eigenvalue weighted by atomic mass is 19.1. The van der Waals surface area contributed by atoms with Crippen LogP contribution in [0.25, 0.3) is 22.4 Å². The van der Waals surface area contributed by atoms with E-state index in [0.29, 0.717) is 28.7 Å². The van der Waals surface area contributed by atoms with E-state index in [1.165, 1.54) is 0 Å². The Balaban J connectivity index is 1.49. The number of para-hydroxylation sites is 1. The number of rotatable bonds is 5. The summed E-state index contributed by atoms with van der Waals surface area (Å²) in [4.78, 5) is 19.5. The number of carbonyl (C=O) groups excluding carboxylic acids is 1. The second kappa shape index (κ2) is 7.71. The van der Waals surface area contributed by atoms with Crippen molar-refractivity contribution in [2.45, 2.75) is 12.8 Å². The number of fused-ring (bicyclic) bond motifs is 1. The molecule has 0 unspecified atom stereocenters. The van der Waals surface area contributed by atoms with Gasteiger partial charge in [-0.25, -0.2) is 13.8 Å². The molecule has 0 bridgehead atoms. The number of aromatic nitrogens is 2. The Morgan fingerprint density at radius 3 is 2.72 bits per heavy atom. The van der Waals surface area contributed by atoms with Gasteiger partial charge in [-0.3, -0.25) is 4.79 Å². The lowest BCUT2D eigenvalue weighted by molar-refractivity contribution is -0.116. The number of aromatic hydroxyl groups is 1. The van der Waals surface area contributed by atoms with Crippen LogP contribution < -0.4 is 5.32 Å². The summed E-state index contributed by atoms with van der Waals surface area (Å²) in [6.45, 7) is 0. The number of benzene rings is 3. The molecular weight excluding hydrogens is 376 g/mol. The molecule has 4 aromatic rings. The van der Waals surface area contributed by atoms with E-state index in [2.05, 4.69) is 15.3 Å². The van der Waals surface area contributed by atoms with Crippen LogP contribution in [-0.2, 0) is 11.2 Å². The van der Waals surface area contributed by atoms with Gasteiger partial charge in [0.15, 0.2) is 0 Å². The maximum Gasteiger partial charge on any atom is 0.224 e. The van der Waals surface area contributed by atoms with E-state index >= 15 is 0 Å². The highest BCUT2D eigenvalue weighted by Gasteiger charge is 2.12. The fraction of sp³-hybridized carbons (Fsp3) is 0.0909. The number of H-pyrrole nitrogens is 1. The first-order valence-electron chi connectivity index (χ1n) is 9.01. The highest BCUT2D eigenvalue weighted by molar-refractivity contribution is 5.93. The zero-order valence-electron chi connectivity index (χ0n) is 15.2. The predicted octanol–water partition coefficient (Wildman–Crippen LogP) is 4.79. The van der Waals surface area contributed by atoms with Gasteiger partial charge in [0.2, 0.25) is 5.91 Å². The standard InChI is InChI=1S/C22H17F2N3O2/c23-14-6-8-17(24)16(11-14)22-26-18-9-7-15(12-19(18)27-22)25-21(29)10-5-13-3-1-2-4-20(13)28/h1-4,6-9,11-12,28H,5,10H2,(H,25,29)(H,26,27). The third-order valence-electron chi connectivity index (χ3n) is 4.56. The Hall–Kier alpha value is -3.74. The van der Waals surface area contributed by atoms with Gasteiger partial charge >= 0.3 is 0 Å². The summed E-state index contributed by atoms with van der Waals surface area (Å²) >= 11 is 0. The molecule has 0 radical (unpaired) electrons. The Morgan fingerprint density at radius 1 is 1.07 bits per heavy atom. The molecule has 0 aliphatic rings. The molecule has 0 aliphatic carbocycles. The van der Waals surface area contributed by atoms with Crippen LogP contribution in [0.2, 0.25) is 0 Å². The monoisotopic (exact) mass is 393 g/mol. The Bertz CT molecular complexity index is 1200. The number of phenolic OH excluding ortho intramolecular Hbond substituents is 1. The van der Waals surface area contributed by atoms with Crippen molar-refractivity contribution in [3.05, 3.63) is 77.9 Å². The van der Waals surface area contributed by atoms with Crippen LogP contribution in [0.4, 0.5) is 14.5 Å². The molecule has 29 heavy (non-hydrogen) atoms. The minimum atomic E-state index is -0.580. The first-order chi connectivity index (χ1) is 14.0. The third kappa shape index (κ3) is 4.08. The SMILES string of the molecule is O=C(CCc1ccccc1O)Nc1ccc2nc(-c3cc(F)ccc3F)[nH]c2c1. The van der Waals surface area contributed by atoms with Crippen molar-refractivity contribution in [1.29, 1.82) is 0 Å². The molecule has 0 saturated carbocycles. The molecule has 0 aliphatic heterocycles. The number of nitrogens with zero attached hydrogens (tertiary/aromatic N) is 1. The largest absolute Gasteiger partial charge is 0.508 e. The van der Waals surface area contributed by atoms with E-state index < -0.39 is 11.6 Å². The molecule has 1 amide bonds. The summed E-state index contributed by atoms with van der Waals surface area (Å²) in [5.41, 5.74) is 2.44. The summed E-state index contributed by atoms with van der Waals surface area (Å²) in [7, 11) is 0. The van der Waals surface area contributed by atoms with Gasteiger partial charge in [0.25, 0.3) is 0 Å². The average Bonchev–Trinajstić information content (AvgIpc) is 3.12. The van der Waals surface area contributed by atoms with Gasteiger partial charge in [-0.1, -0.05) is 18.2 Å². The number of hydrogen-bond acceptors (Lipinski definition) is 3. The number of carbonyl (C=O) groups is 1. The van der Waals surface area contributed by atoms with Crippen LogP contribution in [0.1, 0.15) is 12.0 Å². The van der Waals surface area contributed by atoms with Gasteiger partial charge in [0, 0.05) is 12.1 Å². The lowest BCUT2D eigenvalue weighted by atomic mass is 10.1. The number of hydrogen-bond donors (Lipinski definition) is 3. The fourth-order valence-corrected chi connectivity index (χ4v) is 3.09. The van der Waals surface area contributed by atoms with E-state index in [1.54, 1.807) is 42.5 Å². The van der Waals surface area contributed by atoms with Gasteiger partial charge < -0.3 is 15.4 Å². The van der Waals surface area contributed by atoms with Crippen molar-refractivity contribution in [1.82, 2.24) is 9.97 Å². The molecule has 5 nitrogen and oxygen atoms in total. The van der Waals surface area contributed by atoms with Crippen LogP contribution in [-0.4, -0.2) is 21.0 Å². The lowest BCUT2D eigenvalue weighted by Crippen LogP contribution is -2.12. The van der Waals surface area contributed by atoms with Gasteiger partial charge in [-0.15, -0.1) is 0 Å². The summed E-state index contributed by atoms with van der Waals surface area (Å²) in [5, 5.41) is 12.6. The Kier molecular flexibility index (Phi) is 4.95. The highest BCUT2D eigenvalue weighted by Crippen LogP contribution is 2.26. The number of phenols is 1. The number of aryl methyl sites for hydroxylation is 1. The van der Waals surface area contributed by atoms with Gasteiger partial charge in [-0.2, -0.15) is 0 Å². The van der Waals surface area contributed by atoms with Crippen LogP contribution in [0.5, 0.6) is 5.75 Å². The van der Waals surface area contributed by atoms with Crippen LogP contribution in [0, 0.1) is 11.6 Å². The van der Waals surface area contributed by atoms with Crippen molar-refractivity contribution < 1.29 is 18.7 Å². The molecule has 0 fully saturated rings. The van der Waals surface area contributed by atoms with Crippen LogP contribution >= 0.6 is 0 Å². The molecule has 0 spiro atoms. The first-order valence-corrected chi connectivity index (χ1v) is 9.01. The zero-order chi connectivity index (χ0) is 20.4. The molecule has 0 atom stereocenters. The minimum Gasteiger partial charge on any atom is -0.508 e. The summed E-state index contributed by atoms with van der Waals surface area (Å²) in [6.07, 6.45) is 0.617. The van der Waals surface area contributed by atoms with Gasteiger partial charge in [0.1, 0.15) is 23.2 Å². The summed E-state index contributed by atoms with van der Waals surface area (Å²) < 4.78 is 27.4. The van der Waals surface area contributed by atoms with Gasteiger partial charge in [-0.05, 0) is 54.4 Å². The molecule has 0 saturated heterocycles. The number of amides is 1. The van der Waals surface area contributed by atoms with Crippen molar-refractivity contribution in [2.75, 3.05) is 5.32 Å². The van der Waals surface area contributed by atoms with Crippen LogP contribution in [0.15, 0.2) is 60.7 Å². The number of imidazole rings is 1. The molecule has 4 rings (SSSR count). The van der Waals surface area contributed by atoms with Crippen molar-refractivity contribution >= 4 is 22.6 Å². The van der Waals surface area contributed by atoms with Crippen molar-refractivity contribution in [3.8, 4) is 17.1 Å². The fourth-order valence-electron chi connectivity index (χ4n) is 3.09.